The fraction of sp³-hybridized carbons (Fsp3) is 0. The molecule has 6 nitrogen and oxygen atoms in total. The second kappa shape index (κ2) is 12.1. The quantitative estimate of drug-likeness (QED) is 0.176. The molecule has 56 heavy (non-hydrogen) atoms. The van der Waals surface area contributed by atoms with E-state index in [2.05, 4.69) is 135 Å². The molecule has 0 aliphatic carbocycles. The lowest BCUT2D eigenvalue weighted by molar-refractivity contribution is 0.596. The van der Waals surface area contributed by atoms with Gasteiger partial charge in [-0.15, -0.1) is 0 Å². The fourth-order valence-corrected chi connectivity index (χ4v) is 10.2. The third-order valence-electron chi connectivity index (χ3n) is 11.1. The van der Waals surface area contributed by atoms with Gasteiger partial charge < -0.3 is 13.7 Å². The van der Waals surface area contributed by atoms with Crippen LogP contribution in [-0.4, -0.2) is 22.1 Å². The van der Waals surface area contributed by atoms with Gasteiger partial charge in [-0.3, -0.25) is 0 Å². The van der Waals surface area contributed by atoms with E-state index in [1.54, 1.807) is 24.3 Å². The van der Waals surface area contributed by atoms with Crippen LogP contribution in [0.3, 0.4) is 0 Å². The van der Waals surface area contributed by atoms with Crippen LogP contribution >= 0.6 is 0 Å². The SMILES string of the molecule is N#Cc1ccccc1S(=O)(=O)c1ccc(-n2c3ccccc3c3c4c(c5ccccc5n4-c4ccccc4)c4c(c5ccccc5n4-c4ccccc4)c32)cc1. The molecule has 0 amide bonds. The third-order valence-corrected chi connectivity index (χ3v) is 12.9. The van der Waals surface area contributed by atoms with E-state index < -0.39 is 9.84 Å². The molecule has 3 heterocycles. The maximum absolute atomic E-state index is 13.9. The van der Waals surface area contributed by atoms with Gasteiger partial charge in [0.2, 0.25) is 9.84 Å². The van der Waals surface area contributed by atoms with Gasteiger partial charge in [0.25, 0.3) is 0 Å². The minimum Gasteiger partial charge on any atom is -0.308 e. The molecule has 7 heteroatoms. The molecule has 0 fully saturated rings. The Morgan fingerprint density at radius 3 is 1.18 bits per heavy atom. The first kappa shape index (κ1) is 32.1. The normalized spacial score (nSPS) is 12.1. The van der Waals surface area contributed by atoms with Crippen LogP contribution in [0.1, 0.15) is 5.56 Å². The van der Waals surface area contributed by atoms with Gasteiger partial charge in [0, 0.05) is 49.4 Å². The highest BCUT2D eigenvalue weighted by Crippen LogP contribution is 2.50. The standard InChI is InChI=1S/C49H30N4O2S/c50-31-32-15-7-14-26-43(32)56(54,55)36-29-27-35(28-30-36)53-42-25-13-10-22-39(42)46-48-44(37-20-8-11-23-40(37)51(48)33-16-3-1-4-17-33)47-45(49(46)53)38-21-9-12-24-41(38)52(47)34-18-5-2-6-19-34/h1-30H. The summed E-state index contributed by atoms with van der Waals surface area (Å²) in [5.41, 5.74) is 9.50. The highest BCUT2D eigenvalue weighted by atomic mass is 32.2. The highest BCUT2D eigenvalue weighted by Gasteiger charge is 2.29. The average Bonchev–Trinajstić information content (AvgIpc) is 3.90. The predicted molar refractivity (Wildman–Crippen MR) is 226 cm³/mol. The smallest absolute Gasteiger partial charge is 0.207 e. The Morgan fingerprint density at radius 1 is 0.393 bits per heavy atom. The zero-order valence-corrected chi connectivity index (χ0v) is 30.7. The summed E-state index contributed by atoms with van der Waals surface area (Å²) < 4.78 is 35.0. The monoisotopic (exact) mass is 738 g/mol. The van der Waals surface area contributed by atoms with Crippen LogP contribution in [0.2, 0.25) is 0 Å². The number of sulfone groups is 1. The second-order valence-electron chi connectivity index (χ2n) is 14.0. The maximum atomic E-state index is 13.9. The van der Waals surface area contributed by atoms with Gasteiger partial charge in [-0.05, 0) is 78.9 Å². The van der Waals surface area contributed by atoms with Crippen molar-refractivity contribution in [2.24, 2.45) is 0 Å². The first-order valence-electron chi connectivity index (χ1n) is 18.4. The molecular weight excluding hydrogens is 709 g/mol. The van der Waals surface area contributed by atoms with Crippen LogP contribution < -0.4 is 0 Å². The van der Waals surface area contributed by atoms with Crippen LogP contribution in [0.15, 0.2) is 192 Å². The Kier molecular flexibility index (Phi) is 6.90. The van der Waals surface area contributed by atoms with E-state index in [1.165, 1.54) is 12.1 Å². The van der Waals surface area contributed by atoms with Crippen LogP contribution in [0, 0.1) is 11.3 Å². The molecule has 0 N–H and O–H groups in total. The number of para-hydroxylation sites is 5. The molecule has 11 rings (SSSR count). The van der Waals surface area contributed by atoms with Gasteiger partial charge in [-0.1, -0.05) is 103 Å². The summed E-state index contributed by atoms with van der Waals surface area (Å²) in [6, 6.07) is 62.3. The lowest BCUT2D eigenvalue weighted by atomic mass is 10.0. The zero-order valence-electron chi connectivity index (χ0n) is 29.8. The van der Waals surface area contributed by atoms with Crippen molar-refractivity contribution in [3.05, 3.63) is 188 Å². The molecule has 0 aliphatic heterocycles. The Balaban J connectivity index is 1.36. The molecule has 0 unspecified atom stereocenters. The van der Waals surface area contributed by atoms with Crippen molar-refractivity contribution >= 4 is 75.3 Å². The molecule has 3 aromatic heterocycles. The van der Waals surface area contributed by atoms with E-state index in [9.17, 15) is 13.7 Å². The van der Waals surface area contributed by atoms with E-state index in [0.717, 1.165) is 82.5 Å². The fourth-order valence-electron chi connectivity index (χ4n) is 8.80. The molecular formula is C49H30N4O2S. The van der Waals surface area contributed by atoms with Gasteiger partial charge in [0.05, 0.1) is 48.5 Å². The molecule has 0 saturated carbocycles. The topological polar surface area (TPSA) is 72.7 Å². The van der Waals surface area contributed by atoms with Crippen LogP contribution in [0.4, 0.5) is 0 Å². The van der Waals surface area contributed by atoms with Gasteiger partial charge >= 0.3 is 0 Å². The summed E-state index contributed by atoms with van der Waals surface area (Å²) in [5.74, 6) is 0. The number of nitriles is 1. The summed E-state index contributed by atoms with van der Waals surface area (Å²) in [5, 5.41) is 16.5. The number of hydrogen-bond acceptors (Lipinski definition) is 3. The minimum absolute atomic E-state index is 0.00123. The molecule has 0 saturated heterocycles. The number of rotatable bonds is 5. The van der Waals surface area contributed by atoms with Gasteiger partial charge in [-0.25, -0.2) is 8.42 Å². The van der Waals surface area contributed by atoms with Crippen LogP contribution in [-0.2, 0) is 9.84 Å². The average molecular weight is 739 g/mol. The van der Waals surface area contributed by atoms with E-state index in [1.807, 2.05) is 30.3 Å². The first-order chi connectivity index (χ1) is 27.6. The first-order valence-corrected chi connectivity index (χ1v) is 19.9. The molecule has 0 bridgehead atoms. The largest absolute Gasteiger partial charge is 0.308 e. The number of fused-ring (bicyclic) bond motifs is 12. The van der Waals surface area contributed by atoms with Crippen molar-refractivity contribution in [2.75, 3.05) is 0 Å². The lowest BCUT2D eigenvalue weighted by Gasteiger charge is -2.14. The third kappa shape index (κ3) is 4.39. The Labute approximate surface area is 321 Å². The van der Waals surface area contributed by atoms with Crippen molar-refractivity contribution < 1.29 is 8.42 Å². The molecule has 0 spiro atoms. The summed E-state index contributed by atoms with van der Waals surface area (Å²) >= 11 is 0. The summed E-state index contributed by atoms with van der Waals surface area (Å²) in [7, 11) is -3.96. The predicted octanol–water partition coefficient (Wildman–Crippen LogP) is 11.7. The maximum Gasteiger partial charge on any atom is 0.207 e. The van der Waals surface area contributed by atoms with Gasteiger partial charge in [0.1, 0.15) is 6.07 Å². The summed E-state index contributed by atoms with van der Waals surface area (Å²) in [4.78, 5) is 0.126. The van der Waals surface area contributed by atoms with Gasteiger partial charge in [0.15, 0.2) is 0 Å². The van der Waals surface area contributed by atoms with E-state index in [0.29, 0.717) is 0 Å². The minimum atomic E-state index is -3.96. The van der Waals surface area contributed by atoms with E-state index in [4.69, 9.17) is 0 Å². The zero-order chi connectivity index (χ0) is 37.5. The number of nitrogens with zero attached hydrogens (tertiary/aromatic N) is 4. The highest BCUT2D eigenvalue weighted by molar-refractivity contribution is 7.91. The van der Waals surface area contributed by atoms with Crippen LogP contribution in [0.5, 0.6) is 0 Å². The lowest BCUT2D eigenvalue weighted by Crippen LogP contribution is -2.05. The van der Waals surface area contributed by atoms with Crippen molar-refractivity contribution in [3.63, 3.8) is 0 Å². The van der Waals surface area contributed by atoms with E-state index in [-0.39, 0.29) is 15.4 Å². The summed E-state index contributed by atoms with van der Waals surface area (Å²) in [6.07, 6.45) is 0. The number of benzene rings is 8. The van der Waals surface area contributed by atoms with Crippen molar-refractivity contribution in [1.29, 1.82) is 5.26 Å². The van der Waals surface area contributed by atoms with E-state index >= 15 is 0 Å². The second-order valence-corrected chi connectivity index (χ2v) is 15.9. The number of aromatic nitrogens is 3. The molecule has 8 aromatic carbocycles. The molecule has 0 atom stereocenters. The molecule has 0 radical (unpaired) electrons. The summed E-state index contributed by atoms with van der Waals surface area (Å²) in [6.45, 7) is 0. The van der Waals surface area contributed by atoms with Crippen molar-refractivity contribution in [3.8, 4) is 23.1 Å². The molecule has 11 aromatic rings. The van der Waals surface area contributed by atoms with Crippen LogP contribution in [0.25, 0.3) is 82.5 Å². The number of hydrogen-bond donors (Lipinski definition) is 0. The molecule has 0 aliphatic rings. The van der Waals surface area contributed by atoms with Crippen molar-refractivity contribution in [1.82, 2.24) is 13.7 Å². The Morgan fingerprint density at radius 2 is 0.750 bits per heavy atom. The Bertz CT molecular complexity index is 3470. The van der Waals surface area contributed by atoms with Crippen molar-refractivity contribution in [2.45, 2.75) is 9.79 Å². The Hall–Kier alpha value is -7.40. The molecule has 264 valence electrons. The van der Waals surface area contributed by atoms with Gasteiger partial charge in [-0.2, -0.15) is 5.26 Å².